The van der Waals surface area contributed by atoms with Crippen LogP contribution in [0.1, 0.15) is 0 Å². The van der Waals surface area contributed by atoms with Crippen LogP contribution in [-0.2, 0) is 4.79 Å². The first-order chi connectivity index (χ1) is 4.88. The normalized spacial score (nSPS) is 20.6. The average Bonchev–Trinajstić information content (AvgIpc) is 2.36. The maximum atomic E-state index is 10.8. The minimum absolute atomic E-state index is 0.262. The van der Waals surface area contributed by atoms with Gasteiger partial charge in [-0.25, -0.2) is 4.99 Å². The van der Waals surface area contributed by atoms with Crippen LogP contribution in [0.5, 0.6) is 0 Å². The van der Waals surface area contributed by atoms with Crippen LogP contribution in [0.4, 0.5) is 0 Å². The summed E-state index contributed by atoms with van der Waals surface area (Å²) < 4.78 is 0. The fourth-order valence-corrected chi connectivity index (χ4v) is 0.799. The van der Waals surface area contributed by atoms with E-state index in [2.05, 4.69) is 15.0 Å². The zero-order chi connectivity index (χ0) is 6.97. The molecule has 0 saturated heterocycles. The van der Waals surface area contributed by atoms with Crippen molar-refractivity contribution in [2.24, 2.45) is 15.0 Å². The van der Waals surface area contributed by atoms with E-state index in [-0.39, 0.29) is 5.91 Å². The van der Waals surface area contributed by atoms with Crippen LogP contribution in [0.25, 0.3) is 0 Å². The van der Waals surface area contributed by atoms with Gasteiger partial charge in [0.15, 0.2) is 0 Å². The minimum Gasteiger partial charge on any atom is -0.267 e. The van der Waals surface area contributed by atoms with Gasteiger partial charge in [0.1, 0.15) is 6.34 Å². The van der Waals surface area contributed by atoms with E-state index in [1.807, 2.05) is 0 Å². The molecule has 0 N–H and O–H groups in total. The Morgan fingerprint density at radius 1 is 1.40 bits per heavy atom. The molecule has 1 amide bonds. The van der Waals surface area contributed by atoms with Crippen LogP contribution in [0, 0.1) is 0 Å². The van der Waals surface area contributed by atoms with Crippen molar-refractivity contribution >= 4 is 24.2 Å². The number of amides is 1. The lowest BCUT2D eigenvalue weighted by molar-refractivity contribution is -0.113. The average molecular weight is 133 g/mol. The molecule has 4 heteroatoms. The van der Waals surface area contributed by atoms with Crippen molar-refractivity contribution in [1.82, 2.24) is 0 Å². The van der Waals surface area contributed by atoms with Crippen LogP contribution in [0.2, 0.25) is 0 Å². The summed E-state index contributed by atoms with van der Waals surface area (Å²) in [5.74, 6) is -0.262. The van der Waals surface area contributed by atoms with E-state index >= 15 is 0 Å². The van der Waals surface area contributed by atoms with E-state index < -0.39 is 0 Å². The van der Waals surface area contributed by atoms with Crippen LogP contribution in [-0.4, -0.2) is 24.2 Å². The van der Waals surface area contributed by atoms with E-state index in [0.29, 0.717) is 11.3 Å². The molecule has 4 nitrogen and oxygen atoms in total. The molecule has 0 aromatic rings. The second-order valence-corrected chi connectivity index (χ2v) is 1.89. The van der Waals surface area contributed by atoms with E-state index in [4.69, 9.17) is 0 Å². The monoisotopic (exact) mass is 133 g/mol. The maximum absolute atomic E-state index is 10.8. The standard InChI is InChI=1S/C6H3N3O/c10-6-4-1-7-2-5(4)8-3-9-6/h1-3H. The van der Waals surface area contributed by atoms with Crippen LogP contribution in [0.3, 0.4) is 0 Å². The first-order valence-corrected chi connectivity index (χ1v) is 2.76. The Balaban J connectivity index is 2.54. The van der Waals surface area contributed by atoms with Crippen molar-refractivity contribution in [2.75, 3.05) is 0 Å². The van der Waals surface area contributed by atoms with Crippen LogP contribution in [0.15, 0.2) is 26.8 Å². The molecular formula is C6H3N3O. The number of nitrogens with zero attached hydrogens (tertiary/aromatic N) is 3. The third-order valence-corrected chi connectivity index (χ3v) is 1.28. The first kappa shape index (κ1) is 5.22. The summed E-state index contributed by atoms with van der Waals surface area (Å²) in [7, 11) is 0. The molecule has 0 spiro atoms. The quantitative estimate of drug-likeness (QED) is 0.457. The number of carbonyl (C=O) groups excluding carboxylic acids is 1. The molecule has 0 fully saturated rings. The summed E-state index contributed by atoms with van der Waals surface area (Å²) in [5.41, 5.74) is 1.10. The lowest BCUT2D eigenvalue weighted by Gasteiger charge is -1.98. The molecule has 0 aromatic heterocycles. The Bertz CT molecular complexity index is 303. The van der Waals surface area contributed by atoms with Gasteiger partial charge < -0.3 is 0 Å². The Labute approximate surface area is 56.7 Å². The molecule has 2 aliphatic heterocycles. The van der Waals surface area contributed by atoms with E-state index in [0.717, 1.165) is 0 Å². The zero-order valence-corrected chi connectivity index (χ0v) is 4.98. The van der Waals surface area contributed by atoms with Gasteiger partial charge in [-0.15, -0.1) is 0 Å². The molecule has 2 aliphatic rings. The number of rotatable bonds is 0. The van der Waals surface area contributed by atoms with Gasteiger partial charge in [-0.2, -0.15) is 4.99 Å². The third kappa shape index (κ3) is 0.556. The molecular weight excluding hydrogens is 130 g/mol. The molecule has 0 aromatic carbocycles. The molecule has 10 heavy (non-hydrogen) atoms. The fraction of sp³-hybridized carbons (Fsp3) is 0. The number of aliphatic imine (C=N–C) groups is 3. The molecule has 0 aliphatic carbocycles. The molecule has 0 unspecified atom stereocenters. The van der Waals surface area contributed by atoms with Gasteiger partial charge in [0.25, 0.3) is 5.91 Å². The second-order valence-electron chi connectivity index (χ2n) is 1.89. The van der Waals surface area contributed by atoms with Crippen molar-refractivity contribution in [1.29, 1.82) is 0 Å². The number of fused-ring (bicyclic) bond motifs is 1. The van der Waals surface area contributed by atoms with Gasteiger partial charge in [-0.3, -0.25) is 9.79 Å². The highest BCUT2D eigenvalue weighted by Crippen LogP contribution is 2.08. The van der Waals surface area contributed by atoms with Crippen molar-refractivity contribution in [2.45, 2.75) is 0 Å². The minimum atomic E-state index is -0.262. The van der Waals surface area contributed by atoms with Crippen LogP contribution < -0.4 is 0 Å². The maximum Gasteiger partial charge on any atom is 0.282 e. The largest absolute Gasteiger partial charge is 0.282 e. The molecule has 2 rings (SSSR count). The van der Waals surface area contributed by atoms with Crippen molar-refractivity contribution < 1.29 is 4.79 Å². The highest BCUT2D eigenvalue weighted by molar-refractivity contribution is 6.49. The molecule has 48 valence electrons. The molecule has 2 heterocycles. The SMILES string of the molecule is O=C1N=CN=C2C=NC=C12. The lowest BCUT2D eigenvalue weighted by atomic mass is 10.2. The fourth-order valence-electron chi connectivity index (χ4n) is 0.799. The van der Waals surface area contributed by atoms with Gasteiger partial charge >= 0.3 is 0 Å². The van der Waals surface area contributed by atoms with E-state index in [1.54, 1.807) is 6.21 Å². The Morgan fingerprint density at radius 2 is 2.30 bits per heavy atom. The topological polar surface area (TPSA) is 54.1 Å². The number of hydrogen-bond acceptors (Lipinski definition) is 3. The summed E-state index contributed by atoms with van der Waals surface area (Å²) in [6.45, 7) is 0. The first-order valence-electron chi connectivity index (χ1n) is 2.76. The molecule has 0 radical (unpaired) electrons. The summed E-state index contributed by atoms with van der Waals surface area (Å²) >= 11 is 0. The Kier molecular flexibility index (Phi) is 0.887. The lowest BCUT2D eigenvalue weighted by Crippen LogP contribution is -2.13. The summed E-state index contributed by atoms with van der Waals surface area (Å²) in [4.78, 5) is 21.9. The van der Waals surface area contributed by atoms with Crippen molar-refractivity contribution in [3.8, 4) is 0 Å². The molecule has 0 atom stereocenters. The van der Waals surface area contributed by atoms with Gasteiger partial charge in [0, 0.05) is 6.20 Å². The Hall–Kier alpha value is -1.58. The van der Waals surface area contributed by atoms with Crippen molar-refractivity contribution in [3.05, 3.63) is 11.8 Å². The third-order valence-electron chi connectivity index (χ3n) is 1.28. The highest BCUT2D eigenvalue weighted by atomic mass is 16.1. The Morgan fingerprint density at radius 3 is 3.10 bits per heavy atom. The summed E-state index contributed by atoms with van der Waals surface area (Å²) in [5, 5.41) is 0. The summed E-state index contributed by atoms with van der Waals surface area (Å²) in [6, 6.07) is 0. The molecule has 0 bridgehead atoms. The van der Waals surface area contributed by atoms with Gasteiger partial charge in [0.2, 0.25) is 0 Å². The smallest absolute Gasteiger partial charge is 0.267 e. The second kappa shape index (κ2) is 1.70. The zero-order valence-electron chi connectivity index (χ0n) is 4.98. The predicted octanol–water partition coefficient (Wildman–Crippen LogP) is -0.0358. The van der Waals surface area contributed by atoms with E-state index in [1.165, 1.54) is 12.5 Å². The number of hydrogen-bond donors (Lipinski definition) is 0. The highest BCUT2D eigenvalue weighted by Gasteiger charge is 2.18. The van der Waals surface area contributed by atoms with E-state index in [9.17, 15) is 4.79 Å². The predicted molar refractivity (Wildman–Crippen MR) is 37.5 cm³/mol. The van der Waals surface area contributed by atoms with Gasteiger partial charge in [0.05, 0.1) is 17.5 Å². The van der Waals surface area contributed by atoms with Gasteiger partial charge in [-0.05, 0) is 0 Å². The number of carbonyl (C=O) groups is 1. The molecule has 0 saturated carbocycles. The summed E-state index contributed by atoms with van der Waals surface area (Å²) in [6.07, 6.45) is 4.25. The van der Waals surface area contributed by atoms with Crippen LogP contribution >= 0.6 is 0 Å². The van der Waals surface area contributed by atoms with Gasteiger partial charge in [-0.1, -0.05) is 0 Å². The van der Waals surface area contributed by atoms with Crippen molar-refractivity contribution in [3.63, 3.8) is 0 Å².